The van der Waals surface area contributed by atoms with Crippen molar-refractivity contribution in [3.05, 3.63) is 52.1 Å². The Bertz CT molecular complexity index is 718. The number of halogens is 1. The lowest BCUT2D eigenvalue weighted by atomic mass is 10.3. The summed E-state index contributed by atoms with van der Waals surface area (Å²) < 4.78 is 2.79. The number of para-hydroxylation sites is 2. The molecule has 0 bridgehead atoms. The SMILES string of the molecule is Ic1ccccc1N=Cn1nnc2ccccc21. The molecule has 0 radical (unpaired) electrons. The molecular weight excluding hydrogens is 339 g/mol. The van der Waals surface area contributed by atoms with Gasteiger partial charge in [-0.25, -0.2) is 9.67 Å². The summed E-state index contributed by atoms with van der Waals surface area (Å²) in [7, 11) is 0. The minimum absolute atomic E-state index is 0.867. The number of hydrogen-bond acceptors (Lipinski definition) is 3. The minimum Gasteiger partial charge on any atom is -0.236 e. The lowest BCUT2D eigenvalue weighted by Crippen LogP contribution is -1.97. The van der Waals surface area contributed by atoms with E-state index in [9.17, 15) is 0 Å². The molecule has 0 aliphatic heterocycles. The molecule has 4 nitrogen and oxygen atoms in total. The average molecular weight is 348 g/mol. The first kappa shape index (κ1) is 11.3. The van der Waals surface area contributed by atoms with Crippen molar-refractivity contribution in [1.29, 1.82) is 0 Å². The summed E-state index contributed by atoms with van der Waals surface area (Å²) in [6, 6.07) is 15.8. The van der Waals surface area contributed by atoms with Crippen molar-refractivity contribution in [2.24, 2.45) is 4.99 Å². The number of nitrogens with zero attached hydrogens (tertiary/aromatic N) is 4. The van der Waals surface area contributed by atoms with Crippen LogP contribution in [-0.2, 0) is 0 Å². The van der Waals surface area contributed by atoms with Crippen LogP contribution >= 0.6 is 22.6 Å². The average Bonchev–Trinajstić information content (AvgIpc) is 2.81. The third-order valence-corrected chi connectivity index (χ3v) is 3.45. The second-order valence-electron chi connectivity index (χ2n) is 3.72. The molecule has 88 valence electrons. The number of aliphatic imine (C=N–C) groups is 1. The van der Waals surface area contributed by atoms with Crippen LogP contribution in [0, 0.1) is 3.57 Å². The van der Waals surface area contributed by atoms with Crippen molar-refractivity contribution >= 4 is 45.7 Å². The zero-order chi connectivity index (χ0) is 12.4. The van der Waals surface area contributed by atoms with Crippen molar-refractivity contribution in [3.63, 3.8) is 0 Å². The van der Waals surface area contributed by atoms with Gasteiger partial charge in [0.05, 0.1) is 11.2 Å². The van der Waals surface area contributed by atoms with Gasteiger partial charge in [0.25, 0.3) is 0 Å². The van der Waals surface area contributed by atoms with Crippen molar-refractivity contribution in [2.45, 2.75) is 0 Å². The van der Waals surface area contributed by atoms with Crippen LogP contribution in [0.5, 0.6) is 0 Å². The molecule has 0 fully saturated rings. The van der Waals surface area contributed by atoms with Gasteiger partial charge in [-0.1, -0.05) is 29.5 Å². The summed E-state index contributed by atoms with van der Waals surface area (Å²) in [4.78, 5) is 4.43. The van der Waals surface area contributed by atoms with Gasteiger partial charge >= 0.3 is 0 Å². The van der Waals surface area contributed by atoms with E-state index in [2.05, 4.69) is 37.9 Å². The molecule has 3 rings (SSSR count). The third-order valence-electron chi connectivity index (χ3n) is 2.54. The van der Waals surface area contributed by atoms with Crippen molar-refractivity contribution in [2.75, 3.05) is 0 Å². The van der Waals surface area contributed by atoms with E-state index in [0.29, 0.717) is 0 Å². The smallest absolute Gasteiger partial charge is 0.120 e. The number of benzene rings is 2. The number of aromatic nitrogens is 3. The van der Waals surface area contributed by atoms with Crippen LogP contribution in [0.15, 0.2) is 53.5 Å². The zero-order valence-electron chi connectivity index (χ0n) is 9.36. The normalized spacial score (nSPS) is 11.4. The first-order valence-electron chi connectivity index (χ1n) is 5.43. The number of fused-ring (bicyclic) bond motifs is 1. The van der Waals surface area contributed by atoms with Gasteiger partial charge in [0.1, 0.15) is 11.9 Å². The van der Waals surface area contributed by atoms with Gasteiger partial charge in [0, 0.05) is 3.57 Å². The maximum atomic E-state index is 4.43. The highest BCUT2D eigenvalue weighted by atomic mass is 127. The fourth-order valence-electron chi connectivity index (χ4n) is 1.65. The molecule has 0 N–H and O–H groups in total. The van der Waals surface area contributed by atoms with E-state index in [0.717, 1.165) is 20.3 Å². The molecule has 0 spiro atoms. The molecule has 0 aliphatic carbocycles. The first-order valence-corrected chi connectivity index (χ1v) is 6.51. The van der Waals surface area contributed by atoms with E-state index >= 15 is 0 Å². The van der Waals surface area contributed by atoms with Crippen LogP contribution in [0.25, 0.3) is 11.0 Å². The second-order valence-corrected chi connectivity index (χ2v) is 4.88. The summed E-state index contributed by atoms with van der Waals surface area (Å²) in [5.41, 5.74) is 2.75. The maximum absolute atomic E-state index is 4.43. The van der Waals surface area contributed by atoms with Crippen molar-refractivity contribution in [1.82, 2.24) is 15.0 Å². The van der Waals surface area contributed by atoms with Gasteiger partial charge in [-0.05, 0) is 46.9 Å². The Balaban J connectivity index is 2.00. The first-order chi connectivity index (χ1) is 8.84. The fraction of sp³-hybridized carbons (Fsp3) is 0. The summed E-state index contributed by atoms with van der Waals surface area (Å²) in [5, 5.41) is 8.13. The van der Waals surface area contributed by atoms with Gasteiger partial charge in [0.15, 0.2) is 0 Å². The lowest BCUT2D eigenvalue weighted by molar-refractivity contribution is 0.876. The summed E-state index contributed by atoms with van der Waals surface area (Å²) in [6.07, 6.45) is 1.69. The highest BCUT2D eigenvalue weighted by molar-refractivity contribution is 14.1. The van der Waals surface area contributed by atoms with Crippen molar-refractivity contribution < 1.29 is 0 Å². The molecule has 1 heterocycles. The summed E-state index contributed by atoms with van der Waals surface area (Å²) >= 11 is 2.26. The molecule has 1 aromatic heterocycles. The van der Waals surface area contributed by atoms with Crippen LogP contribution in [-0.4, -0.2) is 21.3 Å². The second kappa shape index (κ2) is 4.85. The van der Waals surface area contributed by atoms with Crippen LogP contribution in [0.3, 0.4) is 0 Å². The Morgan fingerprint density at radius 1 is 1.06 bits per heavy atom. The predicted octanol–water partition coefficient (Wildman–Crippen LogP) is 3.24. The molecule has 18 heavy (non-hydrogen) atoms. The molecule has 0 aliphatic rings. The van der Waals surface area contributed by atoms with E-state index in [1.807, 2.05) is 48.5 Å². The number of hydrogen-bond donors (Lipinski definition) is 0. The van der Waals surface area contributed by atoms with E-state index in [-0.39, 0.29) is 0 Å². The molecule has 3 aromatic rings. The Morgan fingerprint density at radius 2 is 1.83 bits per heavy atom. The Kier molecular flexibility index (Phi) is 3.06. The molecule has 2 aromatic carbocycles. The molecule has 0 saturated carbocycles. The molecular formula is C13H9IN4. The highest BCUT2D eigenvalue weighted by Crippen LogP contribution is 2.19. The quantitative estimate of drug-likeness (QED) is 0.405. The van der Waals surface area contributed by atoms with Crippen LogP contribution in [0.4, 0.5) is 5.69 Å². The largest absolute Gasteiger partial charge is 0.236 e. The van der Waals surface area contributed by atoms with Gasteiger partial charge in [-0.2, -0.15) is 0 Å². The standard InChI is InChI=1S/C13H9IN4/c14-10-5-1-2-6-11(10)15-9-18-13-8-4-3-7-12(13)16-17-18/h1-9H. The Morgan fingerprint density at radius 3 is 2.72 bits per heavy atom. The van der Waals surface area contributed by atoms with E-state index < -0.39 is 0 Å². The van der Waals surface area contributed by atoms with E-state index in [1.165, 1.54) is 0 Å². The van der Waals surface area contributed by atoms with E-state index in [4.69, 9.17) is 0 Å². The number of rotatable bonds is 2. The van der Waals surface area contributed by atoms with Crippen molar-refractivity contribution in [3.8, 4) is 0 Å². The molecule has 5 heteroatoms. The molecule has 0 atom stereocenters. The van der Waals surface area contributed by atoms with Gasteiger partial charge in [0.2, 0.25) is 0 Å². The monoisotopic (exact) mass is 348 g/mol. The predicted molar refractivity (Wildman–Crippen MR) is 80.2 cm³/mol. The van der Waals surface area contributed by atoms with E-state index in [1.54, 1.807) is 11.0 Å². The Labute approximate surface area is 117 Å². The highest BCUT2D eigenvalue weighted by Gasteiger charge is 2.00. The van der Waals surface area contributed by atoms with Gasteiger partial charge in [-0.15, -0.1) is 5.10 Å². The lowest BCUT2D eigenvalue weighted by Gasteiger charge is -1.97. The van der Waals surface area contributed by atoms with Crippen LogP contribution in [0.1, 0.15) is 0 Å². The molecule has 0 unspecified atom stereocenters. The minimum atomic E-state index is 0.867. The molecule has 0 saturated heterocycles. The summed E-state index contributed by atoms with van der Waals surface area (Å²) in [6.45, 7) is 0. The Hall–Kier alpha value is -1.76. The molecule has 0 amide bonds. The topological polar surface area (TPSA) is 43.1 Å². The third kappa shape index (κ3) is 2.13. The van der Waals surface area contributed by atoms with Gasteiger partial charge in [-0.3, -0.25) is 0 Å². The maximum Gasteiger partial charge on any atom is 0.120 e. The zero-order valence-corrected chi connectivity index (χ0v) is 11.5. The van der Waals surface area contributed by atoms with Gasteiger partial charge < -0.3 is 0 Å². The van der Waals surface area contributed by atoms with Crippen LogP contribution < -0.4 is 0 Å². The van der Waals surface area contributed by atoms with Crippen LogP contribution in [0.2, 0.25) is 0 Å². The fourth-order valence-corrected chi connectivity index (χ4v) is 2.17. The summed E-state index contributed by atoms with van der Waals surface area (Å²) in [5.74, 6) is 0.